The van der Waals surface area contributed by atoms with Crippen molar-refractivity contribution in [3.05, 3.63) is 56.9 Å². The van der Waals surface area contributed by atoms with Gasteiger partial charge < -0.3 is 10.6 Å². The summed E-state index contributed by atoms with van der Waals surface area (Å²) in [6.45, 7) is 6.74. The van der Waals surface area contributed by atoms with Crippen LogP contribution in [0.1, 0.15) is 45.2 Å². The molecule has 1 heterocycles. The number of carbonyl (C=O) groups excluding carboxylic acids is 1. The second-order valence-corrected chi connectivity index (χ2v) is 10.4. The number of fused-ring (bicyclic) bond motifs is 2. The molecule has 3 aliphatic carbocycles. The van der Waals surface area contributed by atoms with E-state index < -0.39 is 11.9 Å². The number of anilines is 1. The van der Waals surface area contributed by atoms with Crippen LogP contribution in [-0.4, -0.2) is 21.7 Å². The average molecular weight is 498 g/mol. The van der Waals surface area contributed by atoms with Crippen molar-refractivity contribution < 1.29 is 4.79 Å². The number of halogens is 1. The molecule has 7 nitrogen and oxygen atoms in total. The van der Waals surface area contributed by atoms with Gasteiger partial charge in [0.2, 0.25) is 5.91 Å². The maximum Gasteiger partial charge on any atom is 0.283 e. The molecule has 5 rings (SSSR count). The molecule has 1 unspecified atom stereocenters. The average Bonchev–Trinajstić information content (AvgIpc) is 2.78. The van der Waals surface area contributed by atoms with Crippen molar-refractivity contribution in [1.29, 1.82) is 5.26 Å². The van der Waals surface area contributed by atoms with Gasteiger partial charge in [0.15, 0.2) is 0 Å². The number of hydrogen-bond acceptors (Lipinski definition) is 5. The second kappa shape index (κ2) is 8.70. The molecule has 1 aromatic carbocycles. The summed E-state index contributed by atoms with van der Waals surface area (Å²) < 4.78 is 1.47. The van der Waals surface area contributed by atoms with E-state index in [2.05, 4.69) is 58.5 Å². The zero-order valence-corrected chi connectivity index (χ0v) is 20.1. The predicted molar refractivity (Wildman–Crippen MR) is 126 cm³/mol. The van der Waals surface area contributed by atoms with Gasteiger partial charge in [-0.3, -0.25) is 9.59 Å². The van der Waals surface area contributed by atoms with Gasteiger partial charge in [-0.05, 0) is 57.5 Å². The van der Waals surface area contributed by atoms with Crippen LogP contribution < -0.4 is 16.2 Å². The van der Waals surface area contributed by atoms with Crippen LogP contribution >= 0.6 is 15.9 Å². The smallest absolute Gasteiger partial charge is 0.283 e. The summed E-state index contributed by atoms with van der Waals surface area (Å²) in [6, 6.07) is 10.6. The molecular formula is C24H28BrN5O2. The Hall–Kier alpha value is -2.66. The van der Waals surface area contributed by atoms with Crippen LogP contribution in [-0.2, 0) is 11.3 Å². The van der Waals surface area contributed by atoms with Crippen LogP contribution in [0.2, 0.25) is 0 Å². The predicted octanol–water partition coefficient (Wildman–Crippen LogP) is 3.87. The number of rotatable bonds is 6. The number of hydrogen-bond donors (Lipinski definition) is 2. The third-order valence-electron chi connectivity index (χ3n) is 7.54. The maximum atomic E-state index is 12.8. The Morgan fingerprint density at radius 3 is 2.69 bits per heavy atom. The Bertz CT molecular complexity index is 1110. The Labute approximate surface area is 196 Å². The summed E-state index contributed by atoms with van der Waals surface area (Å²) in [6.07, 6.45) is 3.96. The van der Waals surface area contributed by atoms with Gasteiger partial charge in [0.05, 0.1) is 18.0 Å². The Morgan fingerprint density at radius 2 is 2.06 bits per heavy atom. The molecular weight excluding hydrogens is 470 g/mol. The third kappa shape index (κ3) is 4.06. The van der Waals surface area contributed by atoms with Gasteiger partial charge in [-0.2, -0.15) is 10.4 Å². The molecule has 3 fully saturated rings. The summed E-state index contributed by atoms with van der Waals surface area (Å²) in [5, 5.41) is 19.8. The zero-order valence-electron chi connectivity index (χ0n) is 18.5. The molecule has 168 valence electrons. The lowest BCUT2D eigenvalue weighted by molar-refractivity contribution is -0.122. The molecule has 0 radical (unpaired) electrons. The number of aromatic nitrogens is 2. The minimum Gasteiger partial charge on any atom is -0.380 e. The van der Waals surface area contributed by atoms with Gasteiger partial charge in [0.1, 0.15) is 17.1 Å². The van der Waals surface area contributed by atoms with E-state index in [1.54, 1.807) is 30.5 Å². The lowest BCUT2D eigenvalue weighted by atomic mass is 9.45. The van der Waals surface area contributed by atoms with E-state index >= 15 is 0 Å². The molecule has 2 bridgehead atoms. The summed E-state index contributed by atoms with van der Waals surface area (Å²) in [5.74, 6) is 1.45. The number of carbonyl (C=O) groups is 1. The first-order chi connectivity index (χ1) is 15.2. The van der Waals surface area contributed by atoms with Crippen molar-refractivity contribution in [2.75, 3.05) is 5.32 Å². The Balaban J connectivity index is 1.42. The van der Waals surface area contributed by atoms with Gasteiger partial charge in [-0.15, -0.1) is 0 Å². The minimum absolute atomic E-state index is 0.263. The number of benzene rings is 1. The van der Waals surface area contributed by atoms with Crippen molar-refractivity contribution >= 4 is 27.5 Å². The molecule has 0 saturated heterocycles. The first kappa shape index (κ1) is 22.5. The first-order valence-corrected chi connectivity index (χ1v) is 11.8. The second-order valence-electron chi connectivity index (χ2n) is 9.58. The normalized spacial score (nSPS) is 26.3. The molecule has 32 heavy (non-hydrogen) atoms. The fraction of sp³-hybridized carbons (Fsp3) is 0.500. The van der Waals surface area contributed by atoms with Crippen molar-refractivity contribution in [2.45, 2.75) is 52.2 Å². The molecule has 3 saturated carbocycles. The van der Waals surface area contributed by atoms with Crippen LogP contribution in [0, 0.1) is 34.5 Å². The molecule has 1 aromatic heterocycles. The first-order valence-electron chi connectivity index (χ1n) is 11.0. The molecule has 2 N–H and O–H groups in total. The molecule has 2 aromatic rings. The number of amides is 1. The van der Waals surface area contributed by atoms with Crippen molar-refractivity contribution in [3.8, 4) is 6.07 Å². The van der Waals surface area contributed by atoms with Crippen LogP contribution in [0.25, 0.3) is 0 Å². The molecule has 0 aliphatic heterocycles. The largest absolute Gasteiger partial charge is 0.380 e. The third-order valence-corrected chi connectivity index (χ3v) is 8.31. The summed E-state index contributed by atoms with van der Waals surface area (Å²) in [5.41, 5.74) is 1.35. The monoisotopic (exact) mass is 497 g/mol. The molecule has 0 spiro atoms. The molecule has 3 aliphatic rings. The highest BCUT2D eigenvalue weighted by Gasteiger charge is 2.56. The number of nitrogens with zero attached hydrogens (tertiary/aromatic N) is 3. The molecule has 1 amide bonds. The standard InChI is InChI=1S/C24H28BrN5O2/c1-14-17-9-16(24(17,2)3)10-18(14)28-20-12-27-30(23(32)22(20)25)13-21(31)29-19(11-26)15-7-5-4-6-8-15/h4-8,12,14,16-19,28H,9-10,13H2,1-3H3,(H,29,31)/t14-,16-,17+,18-,19?/m1/s1. The van der Waals surface area contributed by atoms with Crippen molar-refractivity contribution in [1.82, 2.24) is 15.1 Å². The van der Waals surface area contributed by atoms with E-state index in [0.717, 1.165) is 11.1 Å². The van der Waals surface area contributed by atoms with E-state index in [-0.39, 0.29) is 12.1 Å². The lowest BCUT2D eigenvalue weighted by Gasteiger charge is -2.62. The summed E-state index contributed by atoms with van der Waals surface area (Å²) in [7, 11) is 0. The van der Waals surface area contributed by atoms with Crippen molar-refractivity contribution in [2.24, 2.45) is 23.2 Å². The topological polar surface area (TPSA) is 99.8 Å². The number of nitrogens with one attached hydrogen (secondary N) is 2. The Kier molecular flexibility index (Phi) is 6.13. The van der Waals surface area contributed by atoms with Crippen LogP contribution in [0.15, 0.2) is 45.8 Å². The van der Waals surface area contributed by atoms with Gasteiger partial charge in [-0.25, -0.2) is 4.68 Å². The number of nitriles is 1. The van der Waals surface area contributed by atoms with E-state index in [1.807, 2.05) is 6.07 Å². The van der Waals surface area contributed by atoms with E-state index in [4.69, 9.17) is 0 Å². The SMILES string of the molecule is C[C@H]1[C@H](Nc2cnn(CC(=O)NC(C#N)c3ccccc3)c(=O)c2Br)C[C@H]2C[C@@H]1C2(C)C. The maximum absolute atomic E-state index is 12.8. The fourth-order valence-electron chi connectivity index (χ4n) is 5.40. The highest BCUT2D eigenvalue weighted by molar-refractivity contribution is 9.10. The zero-order chi connectivity index (χ0) is 23.0. The highest BCUT2D eigenvalue weighted by Crippen LogP contribution is 2.61. The van der Waals surface area contributed by atoms with Gasteiger partial charge in [0, 0.05) is 6.04 Å². The summed E-state index contributed by atoms with van der Waals surface area (Å²) in [4.78, 5) is 25.3. The van der Waals surface area contributed by atoms with E-state index in [9.17, 15) is 14.9 Å². The quantitative estimate of drug-likeness (QED) is 0.630. The summed E-state index contributed by atoms with van der Waals surface area (Å²) >= 11 is 3.40. The van der Waals surface area contributed by atoms with E-state index in [0.29, 0.717) is 44.9 Å². The molecule has 5 atom stereocenters. The lowest BCUT2D eigenvalue weighted by Crippen LogP contribution is -2.58. The van der Waals surface area contributed by atoms with Crippen LogP contribution in [0.3, 0.4) is 0 Å². The van der Waals surface area contributed by atoms with Crippen molar-refractivity contribution in [3.63, 3.8) is 0 Å². The van der Waals surface area contributed by atoms with Crippen LogP contribution in [0.5, 0.6) is 0 Å². The minimum atomic E-state index is -0.785. The van der Waals surface area contributed by atoms with Gasteiger partial charge in [0.25, 0.3) is 5.56 Å². The van der Waals surface area contributed by atoms with Gasteiger partial charge >= 0.3 is 0 Å². The molecule has 8 heteroatoms. The Morgan fingerprint density at radius 1 is 1.34 bits per heavy atom. The van der Waals surface area contributed by atoms with Gasteiger partial charge in [-0.1, -0.05) is 51.1 Å². The highest BCUT2D eigenvalue weighted by atomic mass is 79.9. The van der Waals surface area contributed by atoms with Crippen LogP contribution in [0.4, 0.5) is 5.69 Å². The van der Waals surface area contributed by atoms with E-state index in [1.165, 1.54) is 6.42 Å². The fourth-order valence-corrected chi connectivity index (χ4v) is 5.82.